The van der Waals surface area contributed by atoms with Crippen molar-refractivity contribution in [1.29, 1.82) is 5.26 Å². The van der Waals surface area contributed by atoms with E-state index in [2.05, 4.69) is 41.0 Å². The Kier molecular flexibility index (Phi) is 6.12. The third-order valence-corrected chi connectivity index (χ3v) is 5.99. The lowest BCUT2D eigenvalue weighted by Gasteiger charge is -2.15. The van der Waals surface area contributed by atoms with E-state index in [1.807, 2.05) is 97.1 Å². The average molecular weight is 457 g/mol. The molecule has 5 aromatic rings. The van der Waals surface area contributed by atoms with Crippen molar-refractivity contribution in [3.8, 4) is 34.3 Å². The summed E-state index contributed by atoms with van der Waals surface area (Å²) >= 11 is 6.22. The molecule has 0 saturated heterocycles. The number of halogens is 1. The fraction of sp³-hybridized carbons (Fsp3) is 0. The number of nitrogens with zero attached hydrogens (tertiary/aromatic N) is 2. The number of allylic oxidation sites excluding steroid dienone is 1. The average Bonchev–Trinajstić information content (AvgIpc) is 3.28. The molecule has 0 spiro atoms. The minimum Gasteiger partial charge on any atom is -0.309 e. The molecule has 162 valence electrons. The molecular formula is C31H21ClN2. The lowest BCUT2D eigenvalue weighted by molar-refractivity contribution is 1.09. The fourth-order valence-corrected chi connectivity index (χ4v) is 4.29. The Morgan fingerprint density at radius 1 is 0.706 bits per heavy atom. The van der Waals surface area contributed by atoms with Gasteiger partial charge in [-0.3, -0.25) is 0 Å². The minimum absolute atomic E-state index is 0.616. The van der Waals surface area contributed by atoms with Gasteiger partial charge in [0.2, 0.25) is 0 Å². The van der Waals surface area contributed by atoms with Crippen LogP contribution in [0.15, 0.2) is 121 Å². The second-order valence-electron chi connectivity index (χ2n) is 7.91. The van der Waals surface area contributed by atoms with Crippen LogP contribution in [0.4, 0.5) is 0 Å². The topological polar surface area (TPSA) is 28.7 Å². The van der Waals surface area contributed by atoms with Gasteiger partial charge in [0.15, 0.2) is 0 Å². The van der Waals surface area contributed by atoms with Gasteiger partial charge in [0.25, 0.3) is 0 Å². The summed E-state index contributed by atoms with van der Waals surface area (Å²) in [7, 11) is 0. The Morgan fingerprint density at radius 2 is 1.26 bits per heavy atom. The summed E-state index contributed by atoms with van der Waals surface area (Å²) in [5, 5.41) is 10.7. The lowest BCUT2D eigenvalue weighted by atomic mass is 10.0. The van der Waals surface area contributed by atoms with Crippen molar-refractivity contribution in [3.05, 3.63) is 137 Å². The van der Waals surface area contributed by atoms with E-state index in [-0.39, 0.29) is 0 Å². The van der Waals surface area contributed by atoms with Crippen molar-refractivity contribution in [1.82, 2.24) is 4.57 Å². The first-order valence-electron chi connectivity index (χ1n) is 11.0. The number of hydrogen-bond acceptors (Lipinski definition) is 1. The zero-order chi connectivity index (χ0) is 23.3. The maximum Gasteiger partial charge on any atom is 0.0998 e. The van der Waals surface area contributed by atoms with E-state index in [0.717, 1.165) is 39.3 Å². The summed E-state index contributed by atoms with van der Waals surface area (Å²) in [5.74, 6) is 0. The molecule has 0 N–H and O–H groups in total. The molecule has 0 bridgehead atoms. The van der Waals surface area contributed by atoms with Gasteiger partial charge in [-0.05, 0) is 53.1 Å². The highest BCUT2D eigenvalue weighted by Gasteiger charge is 2.19. The van der Waals surface area contributed by atoms with Crippen molar-refractivity contribution in [2.75, 3.05) is 0 Å². The summed E-state index contributed by atoms with van der Waals surface area (Å²) in [6.45, 7) is 0. The van der Waals surface area contributed by atoms with Crippen molar-refractivity contribution in [2.45, 2.75) is 0 Å². The van der Waals surface area contributed by atoms with E-state index >= 15 is 0 Å². The summed E-state index contributed by atoms with van der Waals surface area (Å²) in [6, 6.07) is 42.8. The summed E-state index contributed by atoms with van der Waals surface area (Å²) < 4.78 is 2.24. The standard InChI is InChI=1S/C31H21ClN2/c32-28-16-18-29(19-17-28)34-30(24-12-6-2-7-13-24)21-26(31(34)25-14-8-3-9-15-25)20-27(22-33)23-10-4-1-5-11-23/h1-21H/b27-20+. The van der Waals surface area contributed by atoms with Crippen LogP contribution in [0.1, 0.15) is 11.1 Å². The highest BCUT2D eigenvalue weighted by molar-refractivity contribution is 6.30. The molecule has 34 heavy (non-hydrogen) atoms. The molecule has 0 aliphatic carbocycles. The van der Waals surface area contributed by atoms with E-state index in [1.165, 1.54) is 0 Å². The van der Waals surface area contributed by atoms with Gasteiger partial charge in [-0.15, -0.1) is 0 Å². The van der Waals surface area contributed by atoms with Crippen LogP contribution in [0, 0.1) is 11.3 Å². The SMILES string of the molecule is N#C/C(=C\c1cc(-c2ccccc2)n(-c2ccc(Cl)cc2)c1-c1ccccc1)c1ccccc1. The molecule has 0 aliphatic rings. The van der Waals surface area contributed by atoms with E-state index in [1.54, 1.807) is 0 Å². The first-order chi connectivity index (χ1) is 16.7. The van der Waals surface area contributed by atoms with Gasteiger partial charge in [-0.25, -0.2) is 0 Å². The van der Waals surface area contributed by atoms with Gasteiger partial charge >= 0.3 is 0 Å². The van der Waals surface area contributed by atoms with Crippen molar-refractivity contribution >= 4 is 23.3 Å². The Bertz CT molecular complexity index is 1470. The van der Waals surface area contributed by atoms with Crippen LogP contribution >= 0.6 is 11.6 Å². The number of nitriles is 1. The molecule has 0 atom stereocenters. The first kappa shape index (κ1) is 21.5. The zero-order valence-electron chi connectivity index (χ0n) is 18.4. The summed E-state index contributed by atoms with van der Waals surface area (Å²) in [6.07, 6.45) is 1.98. The van der Waals surface area contributed by atoms with Crippen LogP contribution in [0.5, 0.6) is 0 Å². The number of benzene rings is 4. The third-order valence-electron chi connectivity index (χ3n) is 5.74. The predicted molar refractivity (Wildman–Crippen MR) is 142 cm³/mol. The van der Waals surface area contributed by atoms with Gasteiger partial charge < -0.3 is 4.57 Å². The molecular weight excluding hydrogens is 436 g/mol. The van der Waals surface area contributed by atoms with Crippen LogP contribution in [0.3, 0.4) is 0 Å². The van der Waals surface area contributed by atoms with Crippen molar-refractivity contribution in [2.24, 2.45) is 0 Å². The van der Waals surface area contributed by atoms with Gasteiger partial charge in [0.05, 0.1) is 23.0 Å². The minimum atomic E-state index is 0.616. The number of aromatic nitrogens is 1. The van der Waals surface area contributed by atoms with E-state index < -0.39 is 0 Å². The zero-order valence-corrected chi connectivity index (χ0v) is 19.2. The van der Waals surface area contributed by atoms with E-state index in [0.29, 0.717) is 10.6 Å². The number of hydrogen-bond donors (Lipinski definition) is 0. The Hall–Kier alpha value is -4.32. The van der Waals surface area contributed by atoms with E-state index in [4.69, 9.17) is 11.6 Å². The quantitative estimate of drug-likeness (QED) is 0.243. The maximum atomic E-state index is 10.0. The molecule has 4 aromatic carbocycles. The van der Waals surface area contributed by atoms with Gasteiger partial charge in [-0.2, -0.15) is 5.26 Å². The van der Waals surface area contributed by atoms with Gasteiger partial charge in [0.1, 0.15) is 0 Å². The molecule has 1 heterocycles. The molecule has 0 fully saturated rings. The molecule has 5 rings (SSSR count). The predicted octanol–water partition coefficient (Wildman–Crippen LogP) is 8.53. The molecule has 0 aliphatic heterocycles. The largest absolute Gasteiger partial charge is 0.309 e. The number of rotatable bonds is 5. The Balaban J connectivity index is 1.84. The van der Waals surface area contributed by atoms with Gasteiger partial charge in [0, 0.05) is 16.3 Å². The summed E-state index contributed by atoms with van der Waals surface area (Å²) in [4.78, 5) is 0. The molecule has 0 amide bonds. The molecule has 0 saturated carbocycles. The molecule has 1 aromatic heterocycles. The molecule has 2 nitrogen and oxygen atoms in total. The van der Waals surface area contributed by atoms with Crippen molar-refractivity contribution in [3.63, 3.8) is 0 Å². The third kappa shape index (κ3) is 4.30. The van der Waals surface area contributed by atoms with Crippen LogP contribution in [0.2, 0.25) is 5.02 Å². The van der Waals surface area contributed by atoms with E-state index in [9.17, 15) is 5.26 Å². The second kappa shape index (κ2) is 9.67. The molecule has 0 unspecified atom stereocenters. The maximum absolute atomic E-state index is 10.0. The fourth-order valence-electron chi connectivity index (χ4n) is 4.16. The molecule has 3 heteroatoms. The second-order valence-corrected chi connectivity index (χ2v) is 8.35. The lowest BCUT2D eigenvalue weighted by Crippen LogP contribution is -2.00. The first-order valence-corrected chi connectivity index (χ1v) is 11.4. The molecule has 0 radical (unpaired) electrons. The van der Waals surface area contributed by atoms with Crippen LogP contribution in [-0.2, 0) is 0 Å². The monoisotopic (exact) mass is 456 g/mol. The van der Waals surface area contributed by atoms with Crippen LogP contribution in [0.25, 0.3) is 39.9 Å². The van der Waals surface area contributed by atoms with Crippen molar-refractivity contribution < 1.29 is 0 Å². The van der Waals surface area contributed by atoms with Gasteiger partial charge in [-0.1, -0.05) is 103 Å². The highest BCUT2D eigenvalue weighted by Crippen LogP contribution is 2.38. The van der Waals surface area contributed by atoms with Crippen LogP contribution < -0.4 is 0 Å². The Morgan fingerprint density at radius 3 is 1.85 bits per heavy atom. The normalized spacial score (nSPS) is 11.2. The highest BCUT2D eigenvalue weighted by atomic mass is 35.5. The summed E-state index contributed by atoms with van der Waals surface area (Å²) in [5.41, 5.74) is 7.70. The Labute approximate surface area is 204 Å². The van der Waals surface area contributed by atoms with Crippen LogP contribution in [-0.4, -0.2) is 4.57 Å². The smallest absolute Gasteiger partial charge is 0.0998 e.